The van der Waals surface area contributed by atoms with Gasteiger partial charge in [0.1, 0.15) is 5.76 Å². The molecule has 1 aliphatic carbocycles. The fraction of sp³-hybridized carbons (Fsp3) is 0.714. The van der Waals surface area contributed by atoms with Crippen LogP contribution in [0, 0.1) is 0 Å². The van der Waals surface area contributed by atoms with Gasteiger partial charge in [0.2, 0.25) is 0 Å². The molecule has 0 radical (unpaired) electrons. The van der Waals surface area contributed by atoms with E-state index in [-0.39, 0.29) is 11.6 Å². The maximum atomic E-state index is 5.86. The fourth-order valence-corrected chi connectivity index (χ4v) is 3.89. The normalized spacial score (nSPS) is 25.6. The number of furan rings is 1. The molecule has 1 unspecified atom stereocenters. The van der Waals surface area contributed by atoms with E-state index in [0.717, 1.165) is 5.76 Å². The van der Waals surface area contributed by atoms with E-state index < -0.39 is 0 Å². The summed E-state index contributed by atoms with van der Waals surface area (Å²) in [5.41, 5.74) is 3.20. The molecule has 1 saturated heterocycles. The Hall–Kier alpha value is -0.840. The summed E-state index contributed by atoms with van der Waals surface area (Å²) < 4.78 is 5.61. The molecule has 0 amide bonds. The summed E-state index contributed by atoms with van der Waals surface area (Å²) in [6.45, 7) is 2.41. The Kier molecular flexibility index (Phi) is 3.41. The zero-order chi connectivity index (χ0) is 12.4. The van der Waals surface area contributed by atoms with E-state index in [0.29, 0.717) is 0 Å². The molecule has 0 aromatic carbocycles. The lowest BCUT2D eigenvalue weighted by molar-refractivity contribution is 0.0672. The van der Waals surface area contributed by atoms with Crippen LogP contribution in [-0.4, -0.2) is 23.5 Å². The van der Waals surface area contributed by atoms with Gasteiger partial charge in [0, 0.05) is 5.54 Å². The first-order valence-corrected chi connectivity index (χ1v) is 7.11. The number of nitrogens with two attached hydrogens (primary N) is 1. The summed E-state index contributed by atoms with van der Waals surface area (Å²) >= 11 is 0. The highest BCUT2D eigenvalue weighted by molar-refractivity contribution is 5.15. The van der Waals surface area contributed by atoms with Gasteiger partial charge in [-0.2, -0.15) is 0 Å². The molecule has 2 heterocycles. The molecule has 1 aromatic rings. The summed E-state index contributed by atoms with van der Waals surface area (Å²) in [4.78, 5) is 2.65. The van der Waals surface area contributed by atoms with Crippen LogP contribution in [0.4, 0.5) is 0 Å². The van der Waals surface area contributed by atoms with Crippen LogP contribution in [0.1, 0.15) is 50.3 Å². The van der Waals surface area contributed by atoms with Crippen LogP contribution >= 0.6 is 0 Å². The van der Waals surface area contributed by atoms with E-state index in [1.54, 1.807) is 6.26 Å². The molecular weight excluding hydrogens is 226 g/mol. The van der Waals surface area contributed by atoms with Gasteiger partial charge in [-0.25, -0.2) is 5.43 Å². The Morgan fingerprint density at radius 1 is 1.22 bits per heavy atom. The third kappa shape index (κ3) is 1.88. The lowest BCUT2D eigenvalue weighted by atomic mass is 9.85. The van der Waals surface area contributed by atoms with Crippen LogP contribution < -0.4 is 11.3 Å². The summed E-state index contributed by atoms with van der Waals surface area (Å²) in [6, 6.07) is 4.11. The first-order chi connectivity index (χ1) is 8.87. The van der Waals surface area contributed by atoms with Crippen molar-refractivity contribution in [2.75, 3.05) is 13.1 Å². The highest BCUT2D eigenvalue weighted by Gasteiger charge is 2.47. The molecule has 1 atom stereocenters. The van der Waals surface area contributed by atoms with Crippen LogP contribution in [-0.2, 0) is 0 Å². The number of rotatable bonds is 4. The largest absolute Gasteiger partial charge is 0.468 e. The Morgan fingerprint density at radius 2 is 1.94 bits per heavy atom. The monoisotopic (exact) mass is 249 g/mol. The minimum atomic E-state index is 0.119. The van der Waals surface area contributed by atoms with Crippen LogP contribution in [0.15, 0.2) is 22.8 Å². The molecule has 18 heavy (non-hydrogen) atoms. The van der Waals surface area contributed by atoms with Crippen molar-refractivity contribution in [1.29, 1.82) is 0 Å². The van der Waals surface area contributed by atoms with Crippen LogP contribution in [0.2, 0.25) is 0 Å². The van der Waals surface area contributed by atoms with Crippen molar-refractivity contribution in [2.45, 2.75) is 50.1 Å². The van der Waals surface area contributed by atoms with E-state index >= 15 is 0 Å². The van der Waals surface area contributed by atoms with Gasteiger partial charge < -0.3 is 4.42 Å². The molecule has 2 fully saturated rings. The molecule has 0 spiro atoms. The molecular formula is C14H23N3O. The summed E-state index contributed by atoms with van der Waals surface area (Å²) in [6.07, 6.45) is 9.43. The molecule has 3 N–H and O–H groups in total. The van der Waals surface area contributed by atoms with E-state index in [4.69, 9.17) is 10.3 Å². The molecule has 1 saturated carbocycles. The third-order valence-corrected chi connectivity index (χ3v) is 4.74. The zero-order valence-electron chi connectivity index (χ0n) is 10.9. The van der Waals surface area contributed by atoms with E-state index in [1.165, 1.54) is 51.6 Å². The molecule has 4 nitrogen and oxygen atoms in total. The van der Waals surface area contributed by atoms with Crippen molar-refractivity contribution in [2.24, 2.45) is 5.84 Å². The second-order valence-electron chi connectivity index (χ2n) is 5.62. The SMILES string of the molecule is NNC(c1ccco1)C1(N2CCCC2)CCCC1. The molecule has 4 heteroatoms. The average molecular weight is 249 g/mol. The number of likely N-dealkylation sites (tertiary alicyclic amines) is 1. The van der Waals surface area contributed by atoms with Gasteiger partial charge in [-0.1, -0.05) is 12.8 Å². The topological polar surface area (TPSA) is 54.4 Å². The third-order valence-electron chi connectivity index (χ3n) is 4.74. The molecule has 1 aliphatic heterocycles. The Balaban J connectivity index is 1.92. The maximum Gasteiger partial charge on any atom is 0.123 e. The minimum Gasteiger partial charge on any atom is -0.468 e. The summed E-state index contributed by atoms with van der Waals surface area (Å²) in [5, 5.41) is 0. The van der Waals surface area contributed by atoms with Crippen LogP contribution in [0.3, 0.4) is 0 Å². The van der Waals surface area contributed by atoms with Crippen molar-refractivity contribution in [3.8, 4) is 0 Å². The highest BCUT2D eigenvalue weighted by Crippen LogP contribution is 2.45. The van der Waals surface area contributed by atoms with Crippen LogP contribution in [0.5, 0.6) is 0 Å². The van der Waals surface area contributed by atoms with Crippen molar-refractivity contribution >= 4 is 0 Å². The second-order valence-corrected chi connectivity index (χ2v) is 5.62. The average Bonchev–Trinajstić information content (AvgIpc) is 3.14. The Bertz CT molecular complexity index is 364. The summed E-state index contributed by atoms with van der Waals surface area (Å²) in [5.74, 6) is 6.84. The lowest BCUT2D eigenvalue weighted by Gasteiger charge is -2.43. The molecule has 3 rings (SSSR count). The second kappa shape index (κ2) is 5.03. The zero-order valence-corrected chi connectivity index (χ0v) is 10.9. The maximum absolute atomic E-state index is 5.86. The molecule has 100 valence electrons. The Labute approximate surface area is 108 Å². The standard InChI is InChI=1S/C14H23N3O/c15-16-13(12-6-5-11-18-12)14(7-1-2-8-14)17-9-3-4-10-17/h5-6,11,13,16H,1-4,7-10,15H2. The van der Waals surface area contributed by atoms with Gasteiger partial charge in [-0.3, -0.25) is 10.7 Å². The number of hydrogen-bond donors (Lipinski definition) is 2. The Morgan fingerprint density at radius 3 is 2.50 bits per heavy atom. The number of nitrogens with zero attached hydrogens (tertiary/aromatic N) is 1. The van der Waals surface area contributed by atoms with Gasteiger partial charge in [0.25, 0.3) is 0 Å². The molecule has 2 aliphatic rings. The van der Waals surface area contributed by atoms with Crippen molar-refractivity contribution in [3.05, 3.63) is 24.2 Å². The lowest BCUT2D eigenvalue weighted by Crippen LogP contribution is -2.55. The highest BCUT2D eigenvalue weighted by atomic mass is 16.3. The fourth-order valence-electron chi connectivity index (χ4n) is 3.89. The van der Waals surface area contributed by atoms with Gasteiger partial charge >= 0.3 is 0 Å². The number of hydrazine groups is 1. The molecule has 0 bridgehead atoms. The van der Waals surface area contributed by atoms with E-state index in [2.05, 4.69) is 10.3 Å². The van der Waals surface area contributed by atoms with Crippen LogP contribution in [0.25, 0.3) is 0 Å². The van der Waals surface area contributed by atoms with E-state index in [9.17, 15) is 0 Å². The van der Waals surface area contributed by atoms with Crippen molar-refractivity contribution in [1.82, 2.24) is 10.3 Å². The quantitative estimate of drug-likeness (QED) is 0.634. The molecule has 1 aromatic heterocycles. The van der Waals surface area contributed by atoms with Gasteiger partial charge in [0.15, 0.2) is 0 Å². The summed E-state index contributed by atoms with van der Waals surface area (Å²) in [7, 11) is 0. The van der Waals surface area contributed by atoms with Crippen molar-refractivity contribution < 1.29 is 4.42 Å². The first-order valence-electron chi connectivity index (χ1n) is 7.11. The predicted molar refractivity (Wildman–Crippen MR) is 70.8 cm³/mol. The van der Waals surface area contributed by atoms with Gasteiger partial charge in [-0.15, -0.1) is 0 Å². The number of hydrogen-bond acceptors (Lipinski definition) is 4. The minimum absolute atomic E-state index is 0.119. The number of nitrogens with one attached hydrogen (secondary N) is 1. The van der Waals surface area contributed by atoms with Gasteiger partial charge in [-0.05, 0) is 50.9 Å². The van der Waals surface area contributed by atoms with Crippen molar-refractivity contribution in [3.63, 3.8) is 0 Å². The first kappa shape index (κ1) is 12.2. The van der Waals surface area contributed by atoms with Gasteiger partial charge in [0.05, 0.1) is 12.3 Å². The smallest absolute Gasteiger partial charge is 0.123 e. The predicted octanol–water partition coefficient (Wildman–Crippen LogP) is 2.19. The van der Waals surface area contributed by atoms with E-state index in [1.807, 2.05) is 12.1 Å².